The number of amides is 2. The van der Waals surface area contributed by atoms with Crippen molar-refractivity contribution in [2.24, 2.45) is 10.2 Å². The summed E-state index contributed by atoms with van der Waals surface area (Å²) in [5.74, 6) is 0.219. The second-order valence-corrected chi connectivity index (χ2v) is 10.2. The molecule has 0 bridgehead atoms. The van der Waals surface area contributed by atoms with Gasteiger partial charge in [0, 0.05) is 26.3 Å². The summed E-state index contributed by atoms with van der Waals surface area (Å²) in [6.45, 7) is 6.98. The Bertz CT molecular complexity index is 1200. The number of thioether (sulfide) groups is 2. The third kappa shape index (κ3) is 9.48. The first-order chi connectivity index (χ1) is 17.1. The van der Waals surface area contributed by atoms with Crippen molar-refractivity contribution in [2.75, 3.05) is 11.5 Å². The van der Waals surface area contributed by atoms with Gasteiger partial charge >= 0.3 is 0 Å². The fourth-order valence-corrected chi connectivity index (χ4v) is 4.94. The molecule has 0 fully saturated rings. The number of carbonyl (C=O) groups excluding carboxylic acids is 2. The van der Waals surface area contributed by atoms with Crippen LogP contribution < -0.4 is 10.9 Å². The summed E-state index contributed by atoms with van der Waals surface area (Å²) in [7, 11) is 0. The number of hydrogen-bond acceptors (Lipinski definition) is 7. The van der Waals surface area contributed by atoms with E-state index in [0.29, 0.717) is 5.75 Å². The Morgan fingerprint density at radius 2 is 1.29 bits per heavy atom. The minimum atomic E-state index is -0.179. The van der Waals surface area contributed by atoms with Crippen molar-refractivity contribution in [3.8, 4) is 0 Å². The van der Waals surface area contributed by atoms with Crippen LogP contribution in [0.3, 0.4) is 0 Å². The number of rotatable bonds is 12. The van der Waals surface area contributed by atoms with Crippen molar-refractivity contribution < 1.29 is 9.59 Å². The second kappa shape index (κ2) is 14.2. The molecule has 35 heavy (non-hydrogen) atoms. The van der Waals surface area contributed by atoms with Crippen LogP contribution >= 0.6 is 35.3 Å². The van der Waals surface area contributed by atoms with Crippen molar-refractivity contribution in [3.63, 3.8) is 0 Å². The molecule has 0 aliphatic carbocycles. The van der Waals surface area contributed by atoms with Crippen LogP contribution in [0.2, 0.25) is 0 Å². The van der Waals surface area contributed by atoms with Crippen LogP contribution in [0.4, 0.5) is 0 Å². The van der Waals surface area contributed by atoms with Crippen LogP contribution in [0.1, 0.15) is 11.1 Å². The smallest absolute Gasteiger partial charge is 0.250 e. The van der Waals surface area contributed by atoms with Crippen LogP contribution in [-0.2, 0) is 9.59 Å². The Labute approximate surface area is 217 Å². The van der Waals surface area contributed by atoms with E-state index in [9.17, 15) is 9.59 Å². The molecule has 0 saturated carbocycles. The van der Waals surface area contributed by atoms with Gasteiger partial charge in [0.25, 0.3) is 0 Å². The lowest BCUT2D eigenvalue weighted by Gasteiger charge is -2.06. The normalized spacial score (nSPS) is 10.6. The van der Waals surface area contributed by atoms with Gasteiger partial charge < -0.3 is 0 Å². The molecule has 0 spiro atoms. The summed E-state index contributed by atoms with van der Waals surface area (Å²) in [5.41, 5.74) is 6.76. The molecule has 178 valence electrons. The topological polar surface area (TPSA) is 82.9 Å². The first kappa shape index (κ1) is 26.3. The van der Waals surface area contributed by atoms with E-state index in [0.717, 1.165) is 30.7 Å². The Kier molecular flexibility index (Phi) is 10.7. The second-order valence-electron chi connectivity index (χ2n) is 6.98. The molecule has 0 saturated heterocycles. The molecule has 0 aliphatic heterocycles. The molecule has 2 N–H and O–H groups in total. The maximum atomic E-state index is 12.1. The van der Waals surface area contributed by atoms with Gasteiger partial charge in [-0.05, 0) is 65.7 Å². The highest BCUT2D eigenvalue weighted by molar-refractivity contribution is 8.00. The largest absolute Gasteiger partial charge is 0.272 e. The molecule has 2 amide bonds. The minimum absolute atomic E-state index is 0.166. The van der Waals surface area contributed by atoms with Crippen molar-refractivity contribution in [3.05, 3.63) is 90.5 Å². The Morgan fingerprint density at radius 3 is 1.83 bits per heavy atom. The minimum Gasteiger partial charge on any atom is -0.272 e. The number of nitrogens with zero attached hydrogens (tertiary/aromatic N) is 2. The summed E-state index contributed by atoms with van der Waals surface area (Å²) >= 11 is 4.54. The molecule has 3 aromatic rings. The highest BCUT2D eigenvalue weighted by Gasteiger charge is 2.05. The zero-order valence-electron chi connectivity index (χ0n) is 18.8. The molecule has 0 atom stereocenters. The third-order valence-corrected chi connectivity index (χ3v) is 7.42. The van der Waals surface area contributed by atoms with E-state index in [1.54, 1.807) is 24.1 Å². The molecular formula is C26H24N4O2S3. The van der Waals surface area contributed by atoms with E-state index in [4.69, 9.17) is 0 Å². The molecule has 0 aromatic heterocycles. The molecular weight excluding hydrogens is 497 g/mol. The molecule has 6 nitrogen and oxygen atoms in total. The molecule has 0 radical (unpaired) electrons. The van der Waals surface area contributed by atoms with Crippen LogP contribution in [0, 0.1) is 0 Å². The average molecular weight is 521 g/mol. The molecule has 3 rings (SSSR count). The summed E-state index contributed by atoms with van der Waals surface area (Å²) < 4.78 is 0. The maximum Gasteiger partial charge on any atom is 0.250 e. The van der Waals surface area contributed by atoms with E-state index in [1.807, 2.05) is 72.8 Å². The van der Waals surface area contributed by atoms with E-state index in [2.05, 4.69) is 34.4 Å². The van der Waals surface area contributed by atoms with Gasteiger partial charge in [0.1, 0.15) is 0 Å². The number of carbonyl (C=O) groups is 2. The molecule has 0 aliphatic rings. The highest BCUT2D eigenvalue weighted by Crippen LogP contribution is 2.31. The Hall–Kier alpha value is -3.27. The van der Waals surface area contributed by atoms with Crippen molar-refractivity contribution >= 4 is 66.1 Å². The van der Waals surface area contributed by atoms with Gasteiger partial charge in [-0.2, -0.15) is 10.2 Å². The van der Waals surface area contributed by atoms with E-state index in [1.165, 1.54) is 23.5 Å². The van der Waals surface area contributed by atoms with Gasteiger partial charge in [0.05, 0.1) is 17.7 Å². The van der Waals surface area contributed by atoms with E-state index in [-0.39, 0.29) is 17.6 Å². The fourth-order valence-electron chi connectivity index (χ4n) is 2.74. The maximum absolute atomic E-state index is 12.1. The number of hydrazone groups is 2. The lowest BCUT2D eigenvalue weighted by Crippen LogP contribution is -2.19. The zero-order valence-corrected chi connectivity index (χ0v) is 21.3. The SMILES string of the molecule is C=Cc1cccc(/C=N/NC(=O)CSc2ccc(Sc3ccc(SCC(=O)NN=C)cc3)cc2)c1. The predicted molar refractivity (Wildman–Crippen MR) is 148 cm³/mol. The molecule has 0 unspecified atom stereocenters. The first-order valence-electron chi connectivity index (χ1n) is 10.5. The lowest BCUT2D eigenvalue weighted by atomic mass is 10.1. The standard InChI is InChI=1S/C26H24N4O2S3/c1-3-19-5-4-6-20(15-19)16-28-30-26(32)18-34-22-9-13-24(14-10-22)35-23-11-7-21(8-12-23)33-17-25(31)29-27-2/h3-16H,1-2,17-18H2,(H,29,31)(H,30,32)/b28-16+. The summed E-state index contributed by atoms with van der Waals surface area (Å²) in [6, 6.07) is 23.8. The van der Waals surface area contributed by atoms with Gasteiger partial charge in [-0.25, -0.2) is 10.9 Å². The van der Waals surface area contributed by atoms with Gasteiger partial charge in [0.15, 0.2) is 0 Å². The van der Waals surface area contributed by atoms with Crippen LogP contribution in [0.15, 0.2) is 109 Å². The van der Waals surface area contributed by atoms with Gasteiger partial charge in [-0.1, -0.05) is 42.6 Å². The number of nitrogens with one attached hydrogen (secondary N) is 2. The van der Waals surface area contributed by atoms with Crippen LogP contribution in [-0.4, -0.2) is 36.3 Å². The van der Waals surface area contributed by atoms with Gasteiger partial charge in [0.2, 0.25) is 11.8 Å². The molecule has 0 heterocycles. The fraction of sp³-hybridized carbons (Fsp3) is 0.0769. The Balaban J connectivity index is 1.42. The van der Waals surface area contributed by atoms with Gasteiger partial charge in [-0.3, -0.25) is 9.59 Å². The first-order valence-corrected chi connectivity index (χ1v) is 13.3. The van der Waals surface area contributed by atoms with E-state index >= 15 is 0 Å². The summed E-state index contributed by atoms with van der Waals surface area (Å²) in [6.07, 6.45) is 3.38. The Morgan fingerprint density at radius 1 is 0.771 bits per heavy atom. The quantitative estimate of drug-likeness (QED) is 0.186. The highest BCUT2D eigenvalue weighted by atomic mass is 32.2. The van der Waals surface area contributed by atoms with Crippen molar-refractivity contribution in [1.82, 2.24) is 10.9 Å². The van der Waals surface area contributed by atoms with Crippen LogP contribution in [0.25, 0.3) is 6.08 Å². The van der Waals surface area contributed by atoms with E-state index < -0.39 is 0 Å². The zero-order chi connectivity index (χ0) is 24.9. The lowest BCUT2D eigenvalue weighted by molar-refractivity contribution is -0.119. The third-order valence-electron chi connectivity index (χ3n) is 4.38. The molecule has 3 aromatic carbocycles. The van der Waals surface area contributed by atoms with Crippen molar-refractivity contribution in [2.45, 2.75) is 19.6 Å². The summed E-state index contributed by atoms with van der Waals surface area (Å²) in [4.78, 5) is 27.7. The monoisotopic (exact) mass is 520 g/mol. The average Bonchev–Trinajstić information content (AvgIpc) is 2.88. The number of benzene rings is 3. The van der Waals surface area contributed by atoms with Crippen LogP contribution in [0.5, 0.6) is 0 Å². The number of hydrogen-bond donors (Lipinski definition) is 2. The summed E-state index contributed by atoms with van der Waals surface area (Å²) in [5, 5.41) is 7.39. The molecule has 9 heteroatoms. The van der Waals surface area contributed by atoms with Crippen molar-refractivity contribution in [1.29, 1.82) is 0 Å². The predicted octanol–water partition coefficient (Wildman–Crippen LogP) is 5.55. The van der Waals surface area contributed by atoms with Gasteiger partial charge in [-0.15, -0.1) is 23.5 Å².